The molecule has 0 saturated heterocycles. The van der Waals surface area contributed by atoms with E-state index in [1.165, 1.54) is 6.08 Å². The highest BCUT2D eigenvalue weighted by Crippen LogP contribution is 2.21. The lowest BCUT2D eigenvalue weighted by Gasteiger charge is -2.04. The zero-order valence-electron chi connectivity index (χ0n) is 12.5. The number of hydrogen-bond acceptors (Lipinski definition) is 3. The van der Waals surface area contributed by atoms with Crippen molar-refractivity contribution >= 4 is 23.6 Å². The molecule has 0 saturated carbocycles. The van der Waals surface area contributed by atoms with Crippen molar-refractivity contribution in [2.45, 2.75) is 13.8 Å². The van der Waals surface area contributed by atoms with Crippen LogP contribution in [-0.2, 0) is 4.79 Å². The highest BCUT2D eigenvalue weighted by atomic mass is 35.5. The van der Waals surface area contributed by atoms with Crippen LogP contribution in [0.25, 0.3) is 6.08 Å². The van der Waals surface area contributed by atoms with Crippen LogP contribution in [0.4, 0.5) is 0 Å². The summed E-state index contributed by atoms with van der Waals surface area (Å²) in [7, 11) is 0. The van der Waals surface area contributed by atoms with E-state index in [0.29, 0.717) is 17.4 Å². The van der Waals surface area contributed by atoms with Crippen molar-refractivity contribution in [1.29, 1.82) is 0 Å². The number of ether oxygens (including phenoxy) is 2. The molecule has 0 aliphatic rings. The highest BCUT2D eigenvalue weighted by Gasteiger charge is 2.03. The topological polar surface area (TPSA) is 35.5 Å². The van der Waals surface area contributed by atoms with Gasteiger partial charge in [0, 0.05) is 11.1 Å². The van der Waals surface area contributed by atoms with E-state index in [1.54, 1.807) is 24.3 Å². The average Bonchev–Trinajstić information content (AvgIpc) is 2.51. The Labute approximate surface area is 135 Å². The van der Waals surface area contributed by atoms with Crippen molar-refractivity contribution in [3.63, 3.8) is 0 Å². The maximum absolute atomic E-state index is 11.8. The average molecular weight is 317 g/mol. The first-order valence-electron chi connectivity index (χ1n) is 6.97. The van der Waals surface area contributed by atoms with Crippen molar-refractivity contribution < 1.29 is 14.3 Å². The quantitative estimate of drug-likeness (QED) is 0.457. The molecule has 0 aliphatic carbocycles. The number of carbonyl (C=O) groups excluding carboxylic acids is 1. The minimum atomic E-state index is -0.435. The van der Waals surface area contributed by atoms with Crippen molar-refractivity contribution in [1.82, 2.24) is 0 Å². The largest absolute Gasteiger partial charge is 0.494 e. The van der Waals surface area contributed by atoms with Gasteiger partial charge in [-0.3, -0.25) is 0 Å². The fraction of sp³-hybridized carbons (Fsp3) is 0.167. The molecule has 0 spiro atoms. The van der Waals surface area contributed by atoms with E-state index in [-0.39, 0.29) is 0 Å². The number of esters is 1. The third-order valence-electron chi connectivity index (χ3n) is 2.95. The second-order valence-electron chi connectivity index (χ2n) is 4.67. The van der Waals surface area contributed by atoms with Gasteiger partial charge >= 0.3 is 5.97 Å². The number of hydrogen-bond donors (Lipinski definition) is 0. The summed E-state index contributed by atoms with van der Waals surface area (Å²) in [5.74, 6) is 0.845. The van der Waals surface area contributed by atoms with Gasteiger partial charge in [0.2, 0.25) is 0 Å². The lowest BCUT2D eigenvalue weighted by Crippen LogP contribution is -2.03. The van der Waals surface area contributed by atoms with Crippen LogP contribution in [0.5, 0.6) is 11.5 Å². The van der Waals surface area contributed by atoms with Crippen LogP contribution in [-0.4, -0.2) is 12.6 Å². The molecule has 0 aliphatic heterocycles. The van der Waals surface area contributed by atoms with E-state index >= 15 is 0 Å². The first kappa shape index (κ1) is 16.1. The van der Waals surface area contributed by atoms with Gasteiger partial charge in [0.1, 0.15) is 11.5 Å². The van der Waals surface area contributed by atoms with Gasteiger partial charge in [0.05, 0.1) is 6.61 Å². The van der Waals surface area contributed by atoms with Crippen molar-refractivity contribution in [2.24, 2.45) is 0 Å². The number of aryl methyl sites for hydroxylation is 1. The van der Waals surface area contributed by atoms with Gasteiger partial charge in [-0.15, -0.1) is 0 Å². The Bertz CT molecular complexity index is 675. The van der Waals surface area contributed by atoms with Gasteiger partial charge in [-0.2, -0.15) is 0 Å². The number of rotatable bonds is 5. The molecule has 114 valence electrons. The molecule has 0 N–H and O–H groups in total. The Kier molecular flexibility index (Phi) is 5.61. The Morgan fingerprint density at radius 2 is 1.82 bits per heavy atom. The number of carbonyl (C=O) groups is 1. The summed E-state index contributed by atoms with van der Waals surface area (Å²) < 4.78 is 10.6. The van der Waals surface area contributed by atoms with Gasteiger partial charge in [0.15, 0.2) is 0 Å². The maximum atomic E-state index is 11.8. The molecule has 22 heavy (non-hydrogen) atoms. The Morgan fingerprint density at radius 1 is 1.14 bits per heavy atom. The molecule has 0 unspecified atom stereocenters. The molecule has 3 nitrogen and oxygen atoms in total. The number of halogens is 1. The van der Waals surface area contributed by atoms with Crippen LogP contribution in [0.1, 0.15) is 18.1 Å². The first-order valence-corrected chi connectivity index (χ1v) is 7.35. The van der Waals surface area contributed by atoms with Crippen LogP contribution in [0.15, 0.2) is 48.5 Å². The molecule has 2 rings (SSSR count). The van der Waals surface area contributed by atoms with Crippen LogP contribution in [0.2, 0.25) is 5.02 Å². The highest BCUT2D eigenvalue weighted by molar-refractivity contribution is 6.31. The maximum Gasteiger partial charge on any atom is 0.336 e. The second-order valence-corrected chi connectivity index (χ2v) is 5.07. The fourth-order valence-corrected chi connectivity index (χ4v) is 1.95. The minimum absolute atomic E-state index is 0.435. The Hall–Kier alpha value is -2.26. The molecule has 0 atom stereocenters. The van der Waals surface area contributed by atoms with E-state index in [2.05, 4.69) is 0 Å². The lowest BCUT2D eigenvalue weighted by atomic mass is 10.2. The molecule has 2 aromatic rings. The van der Waals surface area contributed by atoms with E-state index in [9.17, 15) is 4.79 Å². The minimum Gasteiger partial charge on any atom is -0.494 e. The zero-order chi connectivity index (χ0) is 15.9. The Balaban J connectivity index is 1.97. The summed E-state index contributed by atoms with van der Waals surface area (Å²) >= 11 is 5.93. The molecule has 2 aromatic carbocycles. The zero-order valence-corrected chi connectivity index (χ0v) is 13.3. The standard InChI is InChI=1S/C18H17ClO3/c1-3-21-15-7-4-14(5-8-15)6-11-18(20)22-16-9-10-17(19)13(2)12-16/h4-12H,3H2,1-2H3. The summed E-state index contributed by atoms with van der Waals surface area (Å²) in [4.78, 5) is 11.8. The SMILES string of the molecule is CCOc1ccc(C=CC(=O)Oc2ccc(Cl)c(C)c2)cc1. The van der Waals surface area contributed by atoms with E-state index < -0.39 is 5.97 Å². The molecule has 4 heteroatoms. The third-order valence-corrected chi connectivity index (χ3v) is 3.37. The number of benzene rings is 2. The van der Waals surface area contributed by atoms with Crippen LogP contribution in [0, 0.1) is 6.92 Å². The summed E-state index contributed by atoms with van der Waals surface area (Å²) in [6.07, 6.45) is 3.08. The first-order chi connectivity index (χ1) is 10.6. The summed E-state index contributed by atoms with van der Waals surface area (Å²) in [6.45, 7) is 4.42. The van der Waals surface area contributed by atoms with Gasteiger partial charge in [-0.25, -0.2) is 4.79 Å². The molecule has 0 aromatic heterocycles. The van der Waals surface area contributed by atoms with Crippen molar-refractivity contribution in [3.05, 3.63) is 64.7 Å². The van der Waals surface area contributed by atoms with Crippen molar-refractivity contribution in [2.75, 3.05) is 6.61 Å². The normalized spacial score (nSPS) is 10.7. The van der Waals surface area contributed by atoms with E-state index in [0.717, 1.165) is 16.9 Å². The second kappa shape index (κ2) is 7.66. The smallest absolute Gasteiger partial charge is 0.336 e. The van der Waals surface area contributed by atoms with Crippen LogP contribution >= 0.6 is 11.6 Å². The van der Waals surface area contributed by atoms with Gasteiger partial charge in [0.25, 0.3) is 0 Å². The van der Waals surface area contributed by atoms with Crippen LogP contribution < -0.4 is 9.47 Å². The van der Waals surface area contributed by atoms with Gasteiger partial charge in [-0.1, -0.05) is 23.7 Å². The third kappa shape index (κ3) is 4.64. The molecule has 0 bridgehead atoms. The molecule has 0 fully saturated rings. The molecular formula is C18H17ClO3. The van der Waals surface area contributed by atoms with Gasteiger partial charge < -0.3 is 9.47 Å². The Morgan fingerprint density at radius 3 is 2.45 bits per heavy atom. The molecule has 0 heterocycles. The lowest BCUT2D eigenvalue weighted by molar-refractivity contribution is -0.128. The predicted octanol–water partition coefficient (Wildman–Crippen LogP) is 4.67. The molecule has 0 radical (unpaired) electrons. The summed E-state index contributed by atoms with van der Waals surface area (Å²) in [5.41, 5.74) is 1.76. The molecule has 0 amide bonds. The summed E-state index contributed by atoms with van der Waals surface area (Å²) in [6, 6.07) is 12.6. The van der Waals surface area contributed by atoms with E-state index in [1.807, 2.05) is 38.1 Å². The van der Waals surface area contributed by atoms with Crippen molar-refractivity contribution in [3.8, 4) is 11.5 Å². The summed E-state index contributed by atoms with van der Waals surface area (Å²) in [5, 5.41) is 0.643. The predicted molar refractivity (Wildman–Crippen MR) is 88.5 cm³/mol. The monoisotopic (exact) mass is 316 g/mol. The fourth-order valence-electron chi connectivity index (χ4n) is 1.84. The molecular weight excluding hydrogens is 300 g/mol. The van der Waals surface area contributed by atoms with Crippen LogP contribution in [0.3, 0.4) is 0 Å². The van der Waals surface area contributed by atoms with E-state index in [4.69, 9.17) is 21.1 Å². The van der Waals surface area contributed by atoms with Gasteiger partial charge in [-0.05, 0) is 61.4 Å².